The van der Waals surface area contributed by atoms with Gasteiger partial charge in [0.05, 0.1) is 17.2 Å². The molecule has 1 saturated carbocycles. The molecule has 2 aliphatic heterocycles. The summed E-state index contributed by atoms with van der Waals surface area (Å²) in [6.45, 7) is 5.18. The zero-order valence-electron chi connectivity index (χ0n) is 15.5. The smallest absolute Gasteiger partial charge is 0.147 e. The lowest BCUT2D eigenvalue weighted by molar-refractivity contribution is 0.130. The molecule has 0 N–H and O–H groups in total. The lowest BCUT2D eigenvalue weighted by Gasteiger charge is -2.36. The minimum atomic E-state index is 0.825. The maximum atomic E-state index is 5.02. The predicted molar refractivity (Wildman–Crippen MR) is 105 cm³/mol. The van der Waals surface area contributed by atoms with Gasteiger partial charge in [0.25, 0.3) is 0 Å². The average molecular weight is 360 g/mol. The molecule has 6 rings (SSSR count). The molecule has 0 amide bonds. The highest BCUT2D eigenvalue weighted by molar-refractivity contribution is 5.79. The molecule has 2 aromatic heterocycles. The van der Waals surface area contributed by atoms with Crippen molar-refractivity contribution < 1.29 is 0 Å². The highest BCUT2D eigenvalue weighted by Crippen LogP contribution is 2.32. The first kappa shape index (κ1) is 15.6. The van der Waals surface area contributed by atoms with E-state index in [-0.39, 0.29) is 0 Å². The van der Waals surface area contributed by atoms with Crippen LogP contribution in [-0.4, -0.2) is 43.6 Å². The molecule has 0 radical (unpaired) electrons. The van der Waals surface area contributed by atoms with Gasteiger partial charge in [-0.15, -0.1) is 0 Å². The van der Waals surface area contributed by atoms with Crippen LogP contribution in [-0.2, 0) is 26.1 Å². The van der Waals surface area contributed by atoms with Crippen molar-refractivity contribution in [3.63, 3.8) is 0 Å². The van der Waals surface area contributed by atoms with Crippen LogP contribution in [0.5, 0.6) is 0 Å². The largest absolute Gasteiger partial charge is 0.347 e. The number of imidazole rings is 1. The third kappa shape index (κ3) is 2.54. The summed E-state index contributed by atoms with van der Waals surface area (Å²) in [4.78, 5) is 18.7. The van der Waals surface area contributed by atoms with Gasteiger partial charge in [-0.1, -0.05) is 6.42 Å². The van der Waals surface area contributed by atoms with Crippen LogP contribution in [0.1, 0.15) is 36.2 Å². The van der Waals surface area contributed by atoms with Crippen LogP contribution in [0.15, 0.2) is 30.7 Å². The molecule has 138 valence electrons. The van der Waals surface area contributed by atoms with E-state index >= 15 is 0 Å². The molecule has 1 fully saturated rings. The lowest BCUT2D eigenvalue weighted by Crippen LogP contribution is -2.41. The lowest BCUT2D eigenvalue weighted by atomic mass is 9.91. The van der Waals surface area contributed by atoms with Crippen molar-refractivity contribution >= 4 is 16.9 Å². The topological polar surface area (TPSA) is 50.1 Å². The van der Waals surface area contributed by atoms with Gasteiger partial charge in [-0.2, -0.15) is 0 Å². The number of benzene rings is 1. The second kappa shape index (κ2) is 6.02. The number of nitrogens with zero attached hydrogens (tertiary/aromatic N) is 6. The van der Waals surface area contributed by atoms with Crippen molar-refractivity contribution in [2.24, 2.45) is 0 Å². The summed E-state index contributed by atoms with van der Waals surface area (Å²) < 4.78 is 2.47. The van der Waals surface area contributed by atoms with Gasteiger partial charge in [-0.05, 0) is 36.1 Å². The first-order chi connectivity index (χ1) is 13.3. The van der Waals surface area contributed by atoms with Crippen LogP contribution in [0.3, 0.4) is 0 Å². The van der Waals surface area contributed by atoms with Crippen molar-refractivity contribution in [1.29, 1.82) is 0 Å². The molecule has 1 aromatic carbocycles. The summed E-state index contributed by atoms with van der Waals surface area (Å²) in [7, 11) is 0. The third-order valence-corrected chi connectivity index (χ3v) is 6.57. The molecule has 6 heteroatoms. The number of hydrogen-bond acceptors (Lipinski definition) is 5. The van der Waals surface area contributed by atoms with Crippen LogP contribution < -0.4 is 4.90 Å². The second-order valence-electron chi connectivity index (χ2n) is 8.08. The van der Waals surface area contributed by atoms with Gasteiger partial charge in [0.15, 0.2) is 0 Å². The number of aromatic nitrogens is 4. The summed E-state index contributed by atoms with van der Waals surface area (Å²) in [6.07, 6.45) is 10.6. The molecule has 0 spiro atoms. The minimum absolute atomic E-state index is 0.825. The zero-order valence-corrected chi connectivity index (χ0v) is 15.5. The van der Waals surface area contributed by atoms with Crippen LogP contribution in [0.2, 0.25) is 0 Å². The SMILES string of the molecule is c1cnc(N2Cc3cc4nc5n(c4cc3C2)CCN(C2CCC2)CC5)cn1. The van der Waals surface area contributed by atoms with Gasteiger partial charge in [-0.3, -0.25) is 9.88 Å². The summed E-state index contributed by atoms with van der Waals surface area (Å²) in [5, 5.41) is 0. The Morgan fingerprint density at radius 3 is 2.63 bits per heavy atom. The molecule has 3 aromatic rings. The van der Waals surface area contributed by atoms with E-state index in [4.69, 9.17) is 4.98 Å². The summed E-state index contributed by atoms with van der Waals surface area (Å²) in [5.41, 5.74) is 5.23. The van der Waals surface area contributed by atoms with Gasteiger partial charge >= 0.3 is 0 Å². The summed E-state index contributed by atoms with van der Waals surface area (Å²) in [5.74, 6) is 2.21. The number of anilines is 1. The fourth-order valence-electron chi connectivity index (χ4n) is 4.83. The average Bonchev–Trinajstić information content (AvgIpc) is 3.15. The normalized spacial score (nSPS) is 20.4. The fourth-order valence-corrected chi connectivity index (χ4v) is 4.83. The molecule has 4 heterocycles. The van der Waals surface area contributed by atoms with E-state index in [9.17, 15) is 0 Å². The van der Waals surface area contributed by atoms with E-state index in [1.807, 2.05) is 6.20 Å². The molecular weight excluding hydrogens is 336 g/mol. The highest BCUT2D eigenvalue weighted by atomic mass is 15.2. The Balaban J connectivity index is 1.31. The van der Waals surface area contributed by atoms with E-state index in [1.165, 1.54) is 41.7 Å². The number of rotatable bonds is 2. The van der Waals surface area contributed by atoms with Crippen LogP contribution in [0, 0.1) is 0 Å². The number of fused-ring (bicyclic) bond motifs is 4. The Kier molecular flexibility index (Phi) is 3.47. The van der Waals surface area contributed by atoms with Gasteiger partial charge in [0, 0.05) is 57.6 Å². The van der Waals surface area contributed by atoms with E-state index in [0.29, 0.717) is 0 Å². The monoisotopic (exact) mass is 360 g/mol. The Bertz CT molecular complexity index is 991. The maximum Gasteiger partial charge on any atom is 0.147 e. The quantitative estimate of drug-likeness (QED) is 0.703. The second-order valence-corrected chi connectivity index (χ2v) is 8.08. The Labute approximate surface area is 158 Å². The Hall–Kier alpha value is -2.47. The van der Waals surface area contributed by atoms with Crippen molar-refractivity contribution in [3.8, 4) is 0 Å². The maximum absolute atomic E-state index is 5.02. The third-order valence-electron chi connectivity index (χ3n) is 6.57. The zero-order chi connectivity index (χ0) is 17.8. The molecule has 0 bridgehead atoms. The van der Waals surface area contributed by atoms with E-state index in [0.717, 1.165) is 56.5 Å². The van der Waals surface area contributed by atoms with E-state index in [2.05, 4.69) is 36.5 Å². The van der Waals surface area contributed by atoms with Gasteiger partial charge < -0.3 is 9.47 Å². The van der Waals surface area contributed by atoms with E-state index in [1.54, 1.807) is 12.4 Å². The first-order valence-corrected chi connectivity index (χ1v) is 10.1. The molecule has 27 heavy (non-hydrogen) atoms. The summed E-state index contributed by atoms with van der Waals surface area (Å²) >= 11 is 0. The van der Waals surface area contributed by atoms with Crippen molar-refractivity contribution in [2.45, 2.75) is 51.4 Å². The van der Waals surface area contributed by atoms with Gasteiger partial charge in [0.1, 0.15) is 11.6 Å². The predicted octanol–water partition coefficient (Wildman–Crippen LogP) is 2.76. The van der Waals surface area contributed by atoms with Crippen LogP contribution in [0.4, 0.5) is 5.82 Å². The fraction of sp³-hybridized carbons (Fsp3) is 0.476. The highest BCUT2D eigenvalue weighted by Gasteiger charge is 2.28. The number of hydrogen-bond donors (Lipinski definition) is 0. The Morgan fingerprint density at radius 2 is 1.85 bits per heavy atom. The molecular formula is C21H24N6. The molecule has 1 aliphatic carbocycles. The first-order valence-electron chi connectivity index (χ1n) is 10.1. The standard InChI is InChI=1S/C21H24N6/c1-2-17(3-1)25-7-4-20-24-18-10-15-13-26(21-12-22-5-6-23-21)14-16(15)11-19(18)27(20)9-8-25/h5-6,10-12,17H,1-4,7-9,13-14H2. The van der Waals surface area contributed by atoms with E-state index < -0.39 is 0 Å². The van der Waals surface area contributed by atoms with Crippen molar-refractivity contribution in [3.05, 3.63) is 47.7 Å². The van der Waals surface area contributed by atoms with Crippen molar-refractivity contribution in [2.75, 3.05) is 18.0 Å². The van der Waals surface area contributed by atoms with Crippen molar-refractivity contribution in [1.82, 2.24) is 24.4 Å². The molecule has 0 saturated heterocycles. The van der Waals surface area contributed by atoms with Crippen LogP contribution in [0.25, 0.3) is 11.0 Å². The minimum Gasteiger partial charge on any atom is -0.347 e. The molecule has 0 unspecified atom stereocenters. The Morgan fingerprint density at radius 1 is 0.963 bits per heavy atom. The molecule has 0 atom stereocenters. The van der Waals surface area contributed by atoms with Gasteiger partial charge in [0.2, 0.25) is 0 Å². The summed E-state index contributed by atoms with van der Waals surface area (Å²) in [6, 6.07) is 5.49. The molecule has 6 nitrogen and oxygen atoms in total. The van der Waals surface area contributed by atoms with Gasteiger partial charge in [-0.25, -0.2) is 9.97 Å². The molecule has 3 aliphatic rings. The van der Waals surface area contributed by atoms with Crippen LogP contribution >= 0.6 is 0 Å².